The molecule has 1 atom stereocenters. The number of carbonyl (C=O) groups excluding carboxylic acids is 1. The Balaban J connectivity index is 3.23. The highest BCUT2D eigenvalue weighted by atomic mass is 32.2. The van der Waals surface area contributed by atoms with Gasteiger partial charge >= 0.3 is 5.97 Å². The summed E-state index contributed by atoms with van der Waals surface area (Å²) in [6.07, 6.45) is 0.943. The molecule has 7 nitrogen and oxygen atoms in total. The van der Waals surface area contributed by atoms with Crippen LogP contribution in [0.1, 0.15) is 6.92 Å². The van der Waals surface area contributed by atoms with E-state index in [-0.39, 0.29) is 16.3 Å². The van der Waals surface area contributed by atoms with Crippen molar-refractivity contribution in [3.63, 3.8) is 0 Å². The fourth-order valence-electron chi connectivity index (χ4n) is 1.90. The molecule has 0 spiro atoms. The van der Waals surface area contributed by atoms with Gasteiger partial charge in [-0.1, -0.05) is 19.1 Å². The van der Waals surface area contributed by atoms with Gasteiger partial charge < -0.3 is 4.74 Å². The quantitative estimate of drug-likeness (QED) is 0.695. The first kappa shape index (κ1) is 18.6. The second-order valence-electron chi connectivity index (χ2n) is 4.93. The molecule has 0 bridgehead atoms. The first-order valence-corrected chi connectivity index (χ1v) is 9.68. The molecule has 0 heterocycles. The topological polar surface area (TPSA) is 97.8 Å². The molecule has 1 rings (SSSR count). The molecule has 1 aromatic rings. The van der Waals surface area contributed by atoms with Crippen molar-refractivity contribution in [2.75, 3.05) is 27.0 Å². The number of sulfone groups is 1. The molecule has 0 fully saturated rings. The molecular weight excluding hydrogens is 330 g/mol. The fraction of sp³-hybridized carbons (Fsp3) is 0.462. The zero-order chi connectivity index (χ0) is 17.1. The summed E-state index contributed by atoms with van der Waals surface area (Å²) in [5, 5.41) is 0. The lowest BCUT2D eigenvalue weighted by Crippen LogP contribution is -2.34. The summed E-state index contributed by atoms with van der Waals surface area (Å²) in [4.78, 5) is 10.8. The minimum absolute atomic E-state index is 0.118. The van der Waals surface area contributed by atoms with Gasteiger partial charge in [-0.15, -0.1) is 0 Å². The van der Waals surface area contributed by atoms with Gasteiger partial charge in [0.15, 0.2) is 9.84 Å². The number of nitrogens with zero attached hydrogens (tertiary/aromatic N) is 1. The van der Waals surface area contributed by atoms with E-state index in [1.807, 2.05) is 0 Å². The number of esters is 1. The maximum absolute atomic E-state index is 12.6. The first-order chi connectivity index (χ1) is 10.0. The van der Waals surface area contributed by atoms with Crippen LogP contribution >= 0.6 is 0 Å². The van der Waals surface area contributed by atoms with E-state index in [9.17, 15) is 21.6 Å². The predicted octanol–water partition coefficient (Wildman–Crippen LogP) is 0.520. The van der Waals surface area contributed by atoms with Crippen LogP contribution in [-0.4, -0.2) is 54.1 Å². The van der Waals surface area contributed by atoms with Crippen molar-refractivity contribution < 1.29 is 26.4 Å². The fourth-order valence-corrected chi connectivity index (χ4v) is 4.75. The Hall–Kier alpha value is -1.45. The van der Waals surface area contributed by atoms with E-state index in [4.69, 9.17) is 0 Å². The first-order valence-electron chi connectivity index (χ1n) is 6.35. The van der Waals surface area contributed by atoms with Gasteiger partial charge in [0.25, 0.3) is 0 Å². The van der Waals surface area contributed by atoms with Crippen molar-refractivity contribution in [2.24, 2.45) is 5.92 Å². The van der Waals surface area contributed by atoms with Crippen LogP contribution in [0.15, 0.2) is 34.1 Å². The van der Waals surface area contributed by atoms with Crippen LogP contribution in [0.25, 0.3) is 0 Å². The molecule has 0 aromatic heterocycles. The zero-order valence-electron chi connectivity index (χ0n) is 12.8. The normalized spacial score (nSPS) is 13.9. The Morgan fingerprint density at radius 2 is 1.68 bits per heavy atom. The number of hydrogen-bond donors (Lipinski definition) is 0. The van der Waals surface area contributed by atoms with Crippen LogP contribution in [0.2, 0.25) is 0 Å². The molecule has 1 aromatic carbocycles. The molecule has 0 aliphatic rings. The summed E-state index contributed by atoms with van der Waals surface area (Å²) in [5.41, 5.74) is 0. The lowest BCUT2D eigenvalue weighted by molar-refractivity contribution is -0.144. The second kappa shape index (κ2) is 6.76. The standard InChI is InChI=1S/C13H19NO6S2/c1-10(13(15)20-3)9-14(2)22(18,19)12-8-6-5-7-11(12)21(4,16)17/h5-8,10H,9H2,1-4H3. The number of hydrogen-bond acceptors (Lipinski definition) is 6. The summed E-state index contributed by atoms with van der Waals surface area (Å²) in [6.45, 7) is 1.41. The zero-order valence-corrected chi connectivity index (χ0v) is 14.4. The van der Waals surface area contributed by atoms with Crippen molar-refractivity contribution in [3.8, 4) is 0 Å². The van der Waals surface area contributed by atoms with Crippen LogP contribution in [0.3, 0.4) is 0 Å². The average molecular weight is 349 g/mol. The number of sulfonamides is 1. The van der Waals surface area contributed by atoms with E-state index in [1.54, 1.807) is 0 Å². The van der Waals surface area contributed by atoms with Crippen molar-refractivity contribution in [3.05, 3.63) is 24.3 Å². The Labute approximate surface area is 130 Å². The van der Waals surface area contributed by atoms with Crippen LogP contribution in [0, 0.1) is 5.92 Å². The number of rotatable bonds is 6. The van der Waals surface area contributed by atoms with Crippen LogP contribution < -0.4 is 0 Å². The molecule has 0 saturated carbocycles. The van der Waals surface area contributed by atoms with E-state index in [0.29, 0.717) is 0 Å². The molecule has 0 saturated heterocycles. The number of benzene rings is 1. The van der Waals surface area contributed by atoms with Crippen LogP contribution in [-0.2, 0) is 29.4 Å². The molecule has 22 heavy (non-hydrogen) atoms. The molecule has 9 heteroatoms. The highest BCUT2D eigenvalue weighted by Crippen LogP contribution is 2.24. The van der Waals surface area contributed by atoms with Crippen molar-refractivity contribution in [1.29, 1.82) is 0 Å². The van der Waals surface area contributed by atoms with Gasteiger partial charge in [0.05, 0.1) is 17.9 Å². The van der Waals surface area contributed by atoms with E-state index < -0.39 is 31.7 Å². The smallest absolute Gasteiger partial charge is 0.309 e. The minimum atomic E-state index is -4.04. The highest BCUT2D eigenvalue weighted by Gasteiger charge is 2.29. The molecule has 0 radical (unpaired) electrons. The van der Waals surface area contributed by atoms with Gasteiger partial charge in [-0.3, -0.25) is 4.79 Å². The van der Waals surface area contributed by atoms with Crippen molar-refractivity contribution in [2.45, 2.75) is 16.7 Å². The van der Waals surface area contributed by atoms with Crippen molar-refractivity contribution in [1.82, 2.24) is 4.31 Å². The van der Waals surface area contributed by atoms with Crippen LogP contribution in [0.4, 0.5) is 0 Å². The highest BCUT2D eigenvalue weighted by molar-refractivity contribution is 7.93. The molecule has 1 unspecified atom stereocenters. The van der Waals surface area contributed by atoms with Crippen molar-refractivity contribution >= 4 is 25.8 Å². The third-order valence-electron chi connectivity index (χ3n) is 3.07. The monoisotopic (exact) mass is 349 g/mol. The van der Waals surface area contributed by atoms with Gasteiger partial charge in [0, 0.05) is 19.8 Å². The Bertz CT molecular complexity index is 754. The van der Waals surface area contributed by atoms with Gasteiger partial charge in [-0.05, 0) is 12.1 Å². The predicted molar refractivity (Wildman–Crippen MR) is 80.5 cm³/mol. The third-order valence-corrected chi connectivity index (χ3v) is 6.24. The van der Waals surface area contributed by atoms with E-state index in [0.717, 1.165) is 10.6 Å². The average Bonchev–Trinajstić information content (AvgIpc) is 2.45. The van der Waals surface area contributed by atoms with Gasteiger partial charge in [0.1, 0.15) is 4.90 Å². The second-order valence-corrected chi connectivity index (χ2v) is 8.93. The molecular formula is C13H19NO6S2. The van der Waals surface area contributed by atoms with Crippen LogP contribution in [0.5, 0.6) is 0 Å². The summed E-state index contributed by atoms with van der Waals surface area (Å²) in [6, 6.07) is 5.36. The maximum Gasteiger partial charge on any atom is 0.309 e. The summed E-state index contributed by atoms with van der Waals surface area (Å²) >= 11 is 0. The largest absolute Gasteiger partial charge is 0.469 e. The van der Waals surface area contributed by atoms with Gasteiger partial charge in [-0.25, -0.2) is 21.1 Å². The SMILES string of the molecule is COC(=O)C(C)CN(C)S(=O)(=O)c1ccccc1S(C)(=O)=O. The Morgan fingerprint density at radius 1 is 1.18 bits per heavy atom. The maximum atomic E-state index is 12.6. The third kappa shape index (κ3) is 4.05. The number of carbonyl (C=O) groups is 1. The molecule has 124 valence electrons. The van der Waals surface area contributed by atoms with E-state index in [2.05, 4.69) is 4.74 Å². The lowest BCUT2D eigenvalue weighted by atomic mass is 10.2. The number of methoxy groups -OCH3 is 1. The molecule has 0 aliphatic carbocycles. The molecule has 0 aliphatic heterocycles. The Morgan fingerprint density at radius 3 is 2.14 bits per heavy atom. The Kier molecular flexibility index (Phi) is 5.71. The minimum Gasteiger partial charge on any atom is -0.469 e. The van der Waals surface area contributed by atoms with E-state index in [1.165, 1.54) is 45.3 Å². The molecule has 0 amide bonds. The number of ether oxygens (including phenoxy) is 1. The summed E-state index contributed by atoms with van der Waals surface area (Å²) < 4.78 is 54.1. The lowest BCUT2D eigenvalue weighted by Gasteiger charge is -2.21. The molecule has 0 N–H and O–H groups in total. The summed E-state index contributed by atoms with van der Waals surface area (Å²) in [7, 11) is -5.24. The van der Waals surface area contributed by atoms with Gasteiger partial charge in [0.2, 0.25) is 10.0 Å². The summed E-state index contributed by atoms with van der Waals surface area (Å²) in [5.74, 6) is -1.21. The van der Waals surface area contributed by atoms with E-state index >= 15 is 0 Å². The van der Waals surface area contributed by atoms with Gasteiger partial charge in [-0.2, -0.15) is 0 Å².